The van der Waals surface area contributed by atoms with E-state index in [9.17, 15) is 4.79 Å². The fraction of sp³-hybridized carbons (Fsp3) is 0.688. The van der Waals surface area contributed by atoms with E-state index in [4.69, 9.17) is 9.47 Å². The van der Waals surface area contributed by atoms with Crippen molar-refractivity contribution >= 4 is 5.91 Å². The average molecular weight is 292 g/mol. The molecule has 1 amide bonds. The Morgan fingerprint density at radius 3 is 3.14 bits per heavy atom. The summed E-state index contributed by atoms with van der Waals surface area (Å²) in [6.07, 6.45) is 5.16. The number of fused-ring (bicyclic) bond motifs is 1. The van der Waals surface area contributed by atoms with Crippen LogP contribution in [0.4, 0.5) is 0 Å². The number of carbonyl (C=O) groups excluding carboxylic acids is 1. The first-order chi connectivity index (χ1) is 10.2. The molecule has 3 rings (SSSR count). The van der Waals surface area contributed by atoms with Crippen LogP contribution in [0, 0.1) is 5.41 Å². The number of piperidine rings is 1. The highest BCUT2D eigenvalue weighted by Gasteiger charge is 2.47. The Labute approximate surface area is 125 Å². The van der Waals surface area contributed by atoms with Gasteiger partial charge in [0.25, 0.3) is 5.91 Å². The Bertz CT molecular complexity index is 509. The number of hydrogen-bond donors (Lipinski definition) is 0. The van der Waals surface area contributed by atoms with Gasteiger partial charge in [-0.1, -0.05) is 0 Å². The lowest BCUT2D eigenvalue weighted by molar-refractivity contribution is -0.142. The van der Waals surface area contributed by atoms with E-state index in [0.29, 0.717) is 6.61 Å². The molecule has 1 aromatic heterocycles. The molecule has 0 aliphatic carbocycles. The van der Waals surface area contributed by atoms with Crippen molar-refractivity contribution < 1.29 is 14.3 Å². The maximum Gasteiger partial charge on any atom is 0.270 e. The van der Waals surface area contributed by atoms with E-state index in [1.807, 2.05) is 34.8 Å². The number of rotatable bonds is 3. The van der Waals surface area contributed by atoms with Gasteiger partial charge in [0.1, 0.15) is 5.69 Å². The molecule has 0 saturated carbocycles. The third-order valence-electron chi connectivity index (χ3n) is 4.87. The summed E-state index contributed by atoms with van der Waals surface area (Å²) in [6, 6.07) is 3.80. The zero-order chi connectivity index (χ0) is 14.9. The predicted octanol–water partition coefficient (Wildman–Crippen LogP) is 1.68. The summed E-state index contributed by atoms with van der Waals surface area (Å²) >= 11 is 0. The minimum absolute atomic E-state index is 0.0356. The summed E-state index contributed by atoms with van der Waals surface area (Å²) in [7, 11) is 3.65. The minimum Gasteiger partial charge on any atom is -0.384 e. The van der Waals surface area contributed by atoms with Crippen molar-refractivity contribution in [1.29, 1.82) is 0 Å². The number of aryl methyl sites for hydroxylation is 1. The van der Waals surface area contributed by atoms with Crippen molar-refractivity contribution in [2.45, 2.75) is 25.4 Å². The number of likely N-dealkylation sites (tertiary alicyclic amines) is 1. The summed E-state index contributed by atoms with van der Waals surface area (Å²) in [6.45, 7) is 2.99. The van der Waals surface area contributed by atoms with E-state index >= 15 is 0 Å². The lowest BCUT2D eigenvalue weighted by Crippen LogP contribution is -2.58. The van der Waals surface area contributed by atoms with E-state index in [1.54, 1.807) is 7.11 Å². The van der Waals surface area contributed by atoms with Crippen LogP contribution in [0.5, 0.6) is 0 Å². The number of nitrogens with zero attached hydrogens (tertiary/aromatic N) is 2. The summed E-state index contributed by atoms with van der Waals surface area (Å²) in [4.78, 5) is 14.7. The first-order valence-corrected chi connectivity index (χ1v) is 7.67. The fourth-order valence-corrected chi connectivity index (χ4v) is 3.81. The summed E-state index contributed by atoms with van der Waals surface area (Å²) in [5.74, 6) is 0.113. The molecule has 5 nitrogen and oxygen atoms in total. The predicted molar refractivity (Wildman–Crippen MR) is 79.2 cm³/mol. The number of amides is 1. The molecular formula is C16H24N2O3. The van der Waals surface area contributed by atoms with Gasteiger partial charge in [0.2, 0.25) is 0 Å². The fourth-order valence-electron chi connectivity index (χ4n) is 3.81. The maximum atomic E-state index is 12.7. The van der Waals surface area contributed by atoms with Crippen molar-refractivity contribution in [1.82, 2.24) is 9.47 Å². The lowest BCUT2D eigenvalue weighted by atomic mass is 9.73. The molecule has 2 atom stereocenters. The van der Waals surface area contributed by atoms with Crippen molar-refractivity contribution in [3.8, 4) is 0 Å². The second-order valence-corrected chi connectivity index (χ2v) is 6.28. The molecule has 0 aromatic carbocycles. The molecule has 0 N–H and O–H groups in total. The molecule has 3 heterocycles. The molecule has 2 saturated heterocycles. The molecule has 2 fully saturated rings. The van der Waals surface area contributed by atoms with Crippen LogP contribution in [0.1, 0.15) is 29.8 Å². The number of carbonyl (C=O) groups is 1. The maximum absolute atomic E-state index is 12.7. The largest absolute Gasteiger partial charge is 0.384 e. The van der Waals surface area contributed by atoms with Gasteiger partial charge in [-0.05, 0) is 31.4 Å². The third-order valence-corrected chi connectivity index (χ3v) is 4.87. The summed E-state index contributed by atoms with van der Waals surface area (Å²) < 4.78 is 13.3. The van der Waals surface area contributed by atoms with Crippen LogP contribution in [0.15, 0.2) is 18.3 Å². The van der Waals surface area contributed by atoms with Crippen LogP contribution in [0.3, 0.4) is 0 Å². The smallest absolute Gasteiger partial charge is 0.270 e. The van der Waals surface area contributed by atoms with Gasteiger partial charge < -0.3 is 18.9 Å². The molecule has 0 radical (unpaired) electrons. The highest BCUT2D eigenvalue weighted by atomic mass is 16.5. The van der Waals surface area contributed by atoms with Crippen molar-refractivity contribution in [2.24, 2.45) is 12.5 Å². The number of aromatic nitrogens is 1. The SMILES string of the molecule is COCC12CCCOC1CCN(C(=O)c1cccn1C)C2. The molecule has 2 aliphatic heterocycles. The van der Waals surface area contributed by atoms with E-state index in [0.717, 1.165) is 44.7 Å². The third kappa shape index (κ3) is 2.60. The Balaban J connectivity index is 1.80. The first kappa shape index (κ1) is 14.6. The molecule has 5 heteroatoms. The number of hydrogen-bond acceptors (Lipinski definition) is 3. The molecule has 0 spiro atoms. The topological polar surface area (TPSA) is 43.7 Å². The zero-order valence-electron chi connectivity index (χ0n) is 12.9. The minimum atomic E-state index is -0.0356. The number of ether oxygens (including phenoxy) is 2. The summed E-state index contributed by atoms with van der Waals surface area (Å²) in [5, 5.41) is 0. The highest BCUT2D eigenvalue weighted by molar-refractivity contribution is 5.92. The normalized spacial score (nSPS) is 29.2. The second-order valence-electron chi connectivity index (χ2n) is 6.28. The van der Waals surface area contributed by atoms with Gasteiger partial charge in [-0.3, -0.25) is 4.79 Å². The monoisotopic (exact) mass is 292 g/mol. The van der Waals surface area contributed by atoms with Gasteiger partial charge in [0, 0.05) is 45.5 Å². The van der Waals surface area contributed by atoms with Crippen molar-refractivity contribution in [3.05, 3.63) is 24.0 Å². The van der Waals surface area contributed by atoms with E-state index in [1.165, 1.54) is 0 Å². The first-order valence-electron chi connectivity index (χ1n) is 7.67. The Morgan fingerprint density at radius 1 is 1.57 bits per heavy atom. The highest BCUT2D eigenvalue weighted by Crippen LogP contribution is 2.40. The van der Waals surface area contributed by atoms with Gasteiger partial charge in [-0.2, -0.15) is 0 Å². The van der Waals surface area contributed by atoms with Gasteiger partial charge in [0.15, 0.2) is 0 Å². The van der Waals surface area contributed by atoms with Gasteiger partial charge in [-0.15, -0.1) is 0 Å². The van der Waals surface area contributed by atoms with Gasteiger partial charge >= 0.3 is 0 Å². The molecule has 2 unspecified atom stereocenters. The Kier molecular flexibility index (Phi) is 4.04. The van der Waals surface area contributed by atoms with Crippen LogP contribution >= 0.6 is 0 Å². The van der Waals surface area contributed by atoms with Crippen molar-refractivity contribution in [2.75, 3.05) is 33.4 Å². The van der Waals surface area contributed by atoms with Crippen LogP contribution in [-0.4, -0.2) is 54.9 Å². The quantitative estimate of drug-likeness (QED) is 0.851. The van der Waals surface area contributed by atoms with Crippen LogP contribution in [-0.2, 0) is 16.5 Å². The van der Waals surface area contributed by atoms with Crippen LogP contribution in [0.25, 0.3) is 0 Å². The standard InChI is InChI=1S/C16H24N2O3/c1-17-8-3-5-13(17)15(19)18-9-6-14-16(11-18,12-20-2)7-4-10-21-14/h3,5,8,14H,4,6-7,9-12H2,1-2H3. The van der Waals surface area contributed by atoms with Crippen LogP contribution in [0.2, 0.25) is 0 Å². The molecule has 0 bridgehead atoms. The molecule has 21 heavy (non-hydrogen) atoms. The molecule has 2 aliphatic rings. The Morgan fingerprint density at radius 2 is 2.43 bits per heavy atom. The zero-order valence-corrected chi connectivity index (χ0v) is 12.9. The van der Waals surface area contributed by atoms with E-state index in [-0.39, 0.29) is 17.4 Å². The number of methoxy groups -OCH3 is 1. The second kappa shape index (κ2) is 5.81. The summed E-state index contributed by atoms with van der Waals surface area (Å²) in [5.41, 5.74) is 0.712. The van der Waals surface area contributed by atoms with Crippen LogP contribution < -0.4 is 0 Å². The van der Waals surface area contributed by atoms with E-state index in [2.05, 4.69) is 0 Å². The van der Waals surface area contributed by atoms with E-state index < -0.39 is 0 Å². The van der Waals surface area contributed by atoms with Gasteiger partial charge in [-0.25, -0.2) is 0 Å². The molecular weight excluding hydrogens is 268 g/mol. The molecule has 116 valence electrons. The Hall–Kier alpha value is -1.33. The lowest BCUT2D eigenvalue weighted by Gasteiger charge is -2.50. The average Bonchev–Trinajstić information content (AvgIpc) is 2.92. The van der Waals surface area contributed by atoms with Crippen molar-refractivity contribution in [3.63, 3.8) is 0 Å². The molecule has 1 aromatic rings. The van der Waals surface area contributed by atoms with Gasteiger partial charge in [0.05, 0.1) is 12.7 Å².